The number of likely N-dealkylation sites (tertiary alicyclic amines) is 1. The zero-order valence-electron chi connectivity index (χ0n) is 13.6. The Morgan fingerprint density at radius 2 is 1.96 bits per heavy atom. The van der Waals surface area contributed by atoms with Crippen LogP contribution in [0.1, 0.15) is 11.7 Å². The van der Waals surface area contributed by atoms with Gasteiger partial charge in [0.15, 0.2) is 0 Å². The third kappa shape index (κ3) is 3.23. The van der Waals surface area contributed by atoms with Gasteiger partial charge in [0.25, 0.3) is 0 Å². The lowest BCUT2D eigenvalue weighted by Crippen LogP contribution is -2.62. The third-order valence-corrected chi connectivity index (χ3v) is 4.77. The maximum absolute atomic E-state index is 5.55. The molecule has 0 unspecified atom stereocenters. The molecule has 23 heavy (non-hydrogen) atoms. The fraction of sp³-hybridized carbons (Fsp3) is 0.529. The van der Waals surface area contributed by atoms with Gasteiger partial charge >= 0.3 is 0 Å². The second-order valence-corrected chi connectivity index (χ2v) is 6.42. The normalized spacial score (nSPS) is 20.7. The summed E-state index contributed by atoms with van der Waals surface area (Å²) < 4.78 is 5.55. The van der Waals surface area contributed by atoms with E-state index in [1.165, 1.54) is 0 Å². The van der Waals surface area contributed by atoms with Gasteiger partial charge in [-0.15, -0.1) is 0 Å². The Hall–Kier alpha value is -1.92. The van der Waals surface area contributed by atoms with Gasteiger partial charge in [-0.05, 0) is 19.1 Å². The number of hydrogen-bond donors (Lipinski definition) is 0. The first-order valence-electron chi connectivity index (χ1n) is 8.31. The molecule has 2 aromatic heterocycles. The van der Waals surface area contributed by atoms with Crippen LogP contribution in [0, 0.1) is 6.92 Å². The van der Waals surface area contributed by atoms with Gasteiger partial charge in [0.2, 0.25) is 5.89 Å². The minimum absolute atomic E-state index is 0.678. The largest absolute Gasteiger partial charge is 0.445 e. The summed E-state index contributed by atoms with van der Waals surface area (Å²) in [6, 6.07) is 6.80. The smallest absolute Gasteiger partial charge is 0.208 e. The van der Waals surface area contributed by atoms with E-state index in [0.717, 1.165) is 63.3 Å². The number of piperazine rings is 1. The lowest BCUT2D eigenvalue weighted by atomic mass is 10.1. The number of rotatable bonds is 4. The van der Waals surface area contributed by atoms with Crippen molar-refractivity contribution in [2.45, 2.75) is 19.5 Å². The Morgan fingerprint density at radius 3 is 2.61 bits per heavy atom. The van der Waals surface area contributed by atoms with E-state index >= 15 is 0 Å². The second kappa shape index (κ2) is 6.29. The van der Waals surface area contributed by atoms with Crippen LogP contribution in [-0.2, 0) is 6.54 Å². The highest BCUT2D eigenvalue weighted by atomic mass is 16.4. The Kier molecular flexibility index (Phi) is 4.01. The van der Waals surface area contributed by atoms with Gasteiger partial charge in [-0.25, -0.2) is 9.97 Å². The van der Waals surface area contributed by atoms with Crippen LogP contribution in [0.3, 0.4) is 0 Å². The van der Waals surface area contributed by atoms with Gasteiger partial charge in [0, 0.05) is 51.5 Å². The molecule has 2 fully saturated rings. The maximum Gasteiger partial charge on any atom is 0.208 e. The van der Waals surface area contributed by atoms with Crippen LogP contribution in [-0.4, -0.2) is 65.1 Å². The number of pyridine rings is 1. The average Bonchev–Trinajstić information content (AvgIpc) is 2.97. The molecule has 2 aliphatic rings. The van der Waals surface area contributed by atoms with E-state index in [9.17, 15) is 0 Å². The molecule has 0 aromatic carbocycles. The number of hydrogen-bond acceptors (Lipinski definition) is 6. The summed E-state index contributed by atoms with van der Waals surface area (Å²) in [4.78, 5) is 16.1. The molecule has 2 aromatic rings. The first-order chi connectivity index (χ1) is 11.3. The quantitative estimate of drug-likeness (QED) is 0.850. The maximum atomic E-state index is 5.55. The van der Waals surface area contributed by atoms with Crippen molar-refractivity contribution >= 4 is 5.82 Å². The molecule has 0 spiro atoms. The predicted octanol–water partition coefficient (Wildman–Crippen LogP) is 1.38. The average molecular weight is 313 g/mol. The Bertz CT molecular complexity index is 629. The molecule has 4 heterocycles. The Balaban J connectivity index is 1.23. The highest BCUT2D eigenvalue weighted by Gasteiger charge is 2.34. The monoisotopic (exact) mass is 313 g/mol. The number of nitrogens with zero attached hydrogens (tertiary/aromatic N) is 5. The van der Waals surface area contributed by atoms with Gasteiger partial charge in [-0.3, -0.25) is 9.80 Å². The minimum atomic E-state index is 0.678. The summed E-state index contributed by atoms with van der Waals surface area (Å²) in [7, 11) is 0. The lowest BCUT2D eigenvalue weighted by Gasteiger charge is -2.48. The minimum Gasteiger partial charge on any atom is -0.445 e. The highest BCUT2D eigenvalue weighted by molar-refractivity contribution is 5.38. The summed E-state index contributed by atoms with van der Waals surface area (Å²) in [6.07, 6.45) is 3.67. The van der Waals surface area contributed by atoms with E-state index < -0.39 is 0 Å². The topological polar surface area (TPSA) is 48.6 Å². The van der Waals surface area contributed by atoms with E-state index in [-0.39, 0.29) is 0 Å². The molecule has 2 saturated heterocycles. The van der Waals surface area contributed by atoms with Crippen molar-refractivity contribution in [2.24, 2.45) is 0 Å². The molecule has 0 N–H and O–H groups in total. The molecule has 0 atom stereocenters. The standard InChI is InChI=1S/C17H23N5O/c1-14-10-19-17(23-14)13-20-11-15(12-20)21-6-8-22(9-7-21)16-4-2-3-5-18-16/h2-5,10,15H,6-9,11-13H2,1H3. The zero-order valence-corrected chi connectivity index (χ0v) is 13.6. The van der Waals surface area contributed by atoms with Gasteiger partial charge in [0.1, 0.15) is 11.6 Å². The number of aromatic nitrogens is 2. The van der Waals surface area contributed by atoms with E-state index in [1.54, 1.807) is 6.20 Å². The van der Waals surface area contributed by atoms with E-state index in [1.807, 2.05) is 19.2 Å². The van der Waals surface area contributed by atoms with Crippen molar-refractivity contribution in [1.29, 1.82) is 0 Å². The van der Waals surface area contributed by atoms with E-state index in [0.29, 0.717) is 6.04 Å². The van der Waals surface area contributed by atoms with Crippen molar-refractivity contribution in [3.05, 3.63) is 42.2 Å². The molecule has 2 aliphatic heterocycles. The SMILES string of the molecule is Cc1cnc(CN2CC(N3CCN(c4ccccn4)CC3)C2)o1. The number of oxazole rings is 1. The van der Waals surface area contributed by atoms with E-state index in [2.05, 4.69) is 36.8 Å². The van der Waals surface area contributed by atoms with Gasteiger partial charge in [-0.1, -0.05) is 6.07 Å². The molecule has 0 bridgehead atoms. The molecule has 122 valence electrons. The fourth-order valence-corrected chi connectivity index (χ4v) is 3.43. The lowest BCUT2D eigenvalue weighted by molar-refractivity contribution is 0.0205. The first kappa shape index (κ1) is 14.7. The summed E-state index contributed by atoms with van der Waals surface area (Å²) >= 11 is 0. The van der Waals surface area contributed by atoms with Crippen LogP contribution in [0.25, 0.3) is 0 Å². The fourth-order valence-electron chi connectivity index (χ4n) is 3.43. The van der Waals surface area contributed by atoms with Crippen LogP contribution in [0.5, 0.6) is 0 Å². The van der Waals surface area contributed by atoms with Crippen molar-refractivity contribution in [1.82, 2.24) is 19.8 Å². The summed E-state index contributed by atoms with van der Waals surface area (Å²) in [5.74, 6) is 2.82. The highest BCUT2D eigenvalue weighted by Crippen LogP contribution is 2.21. The van der Waals surface area contributed by atoms with Crippen LogP contribution in [0.15, 0.2) is 35.0 Å². The number of anilines is 1. The van der Waals surface area contributed by atoms with Crippen molar-refractivity contribution in [2.75, 3.05) is 44.2 Å². The molecule has 6 heteroatoms. The van der Waals surface area contributed by atoms with Crippen LogP contribution >= 0.6 is 0 Å². The van der Waals surface area contributed by atoms with Crippen molar-refractivity contribution < 1.29 is 4.42 Å². The molecular formula is C17H23N5O. The first-order valence-corrected chi connectivity index (χ1v) is 8.31. The molecule has 0 saturated carbocycles. The summed E-state index contributed by atoms with van der Waals surface area (Å²) in [5.41, 5.74) is 0. The van der Waals surface area contributed by atoms with Gasteiger partial charge in [-0.2, -0.15) is 0 Å². The van der Waals surface area contributed by atoms with Crippen molar-refractivity contribution in [3.8, 4) is 0 Å². The van der Waals surface area contributed by atoms with Crippen LogP contribution in [0.4, 0.5) is 5.82 Å². The molecule has 0 aliphatic carbocycles. The van der Waals surface area contributed by atoms with E-state index in [4.69, 9.17) is 4.42 Å². The second-order valence-electron chi connectivity index (χ2n) is 6.42. The summed E-state index contributed by atoms with van der Waals surface area (Å²) in [5, 5.41) is 0. The number of aryl methyl sites for hydroxylation is 1. The molecule has 4 rings (SSSR count). The van der Waals surface area contributed by atoms with Crippen molar-refractivity contribution in [3.63, 3.8) is 0 Å². The molecule has 0 radical (unpaired) electrons. The summed E-state index contributed by atoms with van der Waals surface area (Å²) in [6.45, 7) is 9.37. The van der Waals surface area contributed by atoms with Crippen LogP contribution in [0.2, 0.25) is 0 Å². The zero-order chi connectivity index (χ0) is 15.6. The Morgan fingerprint density at radius 1 is 1.13 bits per heavy atom. The van der Waals surface area contributed by atoms with Gasteiger partial charge < -0.3 is 9.32 Å². The molecule has 6 nitrogen and oxygen atoms in total. The predicted molar refractivity (Wildman–Crippen MR) is 88.3 cm³/mol. The Labute approximate surface area is 136 Å². The molecule has 0 amide bonds. The van der Waals surface area contributed by atoms with Gasteiger partial charge in [0.05, 0.1) is 12.7 Å². The third-order valence-electron chi connectivity index (χ3n) is 4.77. The molecular weight excluding hydrogens is 290 g/mol. The van der Waals surface area contributed by atoms with Crippen LogP contribution < -0.4 is 4.90 Å².